The second kappa shape index (κ2) is 5.68. The lowest BCUT2D eigenvalue weighted by Crippen LogP contribution is -2.38. The van der Waals surface area contributed by atoms with E-state index in [2.05, 4.69) is 45.0 Å². The fourth-order valence-corrected chi connectivity index (χ4v) is 2.72. The molecule has 2 heterocycles. The summed E-state index contributed by atoms with van der Waals surface area (Å²) >= 11 is 0. The molecule has 2 atom stereocenters. The molecule has 1 aromatic heterocycles. The molecule has 20 heavy (non-hydrogen) atoms. The molecule has 0 amide bonds. The van der Waals surface area contributed by atoms with E-state index in [0.29, 0.717) is 6.42 Å². The maximum Gasteiger partial charge on any atom is 0.176 e. The standard InChI is InChI=1S/C14H19N5O/c1-15-12(9-13-16-18-19(2)17-13)14-11-6-4-3-5-10(11)7-8-20-14/h3-6,12,14-15H,7-9H2,1-2H3. The van der Waals surface area contributed by atoms with Crippen LogP contribution in [-0.2, 0) is 24.6 Å². The highest BCUT2D eigenvalue weighted by Crippen LogP contribution is 2.30. The van der Waals surface area contributed by atoms with Gasteiger partial charge >= 0.3 is 0 Å². The minimum atomic E-state index is 0.0359. The van der Waals surface area contributed by atoms with Crippen molar-refractivity contribution in [3.63, 3.8) is 0 Å². The highest BCUT2D eigenvalue weighted by molar-refractivity contribution is 5.32. The number of hydrogen-bond donors (Lipinski definition) is 1. The van der Waals surface area contributed by atoms with Crippen molar-refractivity contribution in [3.8, 4) is 0 Å². The number of tetrazole rings is 1. The Morgan fingerprint density at radius 1 is 1.45 bits per heavy atom. The van der Waals surface area contributed by atoms with Crippen LogP contribution in [0.4, 0.5) is 0 Å². The van der Waals surface area contributed by atoms with Gasteiger partial charge in [0.05, 0.1) is 19.8 Å². The van der Waals surface area contributed by atoms with E-state index in [1.54, 1.807) is 7.05 Å². The first-order valence-corrected chi connectivity index (χ1v) is 6.87. The Bertz CT molecular complexity index is 582. The van der Waals surface area contributed by atoms with Gasteiger partial charge in [-0.25, -0.2) is 0 Å². The molecule has 1 aromatic carbocycles. The molecule has 0 saturated heterocycles. The summed E-state index contributed by atoms with van der Waals surface area (Å²) in [5, 5.41) is 15.5. The molecule has 0 aliphatic carbocycles. The van der Waals surface area contributed by atoms with Crippen molar-refractivity contribution >= 4 is 0 Å². The molecule has 0 radical (unpaired) electrons. The minimum Gasteiger partial charge on any atom is -0.372 e. The third-order valence-corrected chi connectivity index (χ3v) is 3.72. The van der Waals surface area contributed by atoms with Crippen molar-refractivity contribution in [2.24, 2.45) is 7.05 Å². The van der Waals surface area contributed by atoms with Gasteiger partial charge in [0, 0.05) is 12.5 Å². The number of nitrogens with one attached hydrogen (secondary N) is 1. The largest absolute Gasteiger partial charge is 0.372 e. The summed E-state index contributed by atoms with van der Waals surface area (Å²) in [5.41, 5.74) is 2.64. The lowest BCUT2D eigenvalue weighted by Gasteiger charge is -2.31. The summed E-state index contributed by atoms with van der Waals surface area (Å²) < 4.78 is 5.99. The van der Waals surface area contributed by atoms with E-state index in [-0.39, 0.29) is 12.1 Å². The molecule has 6 nitrogen and oxygen atoms in total. The third kappa shape index (κ3) is 2.57. The first-order valence-electron chi connectivity index (χ1n) is 6.87. The number of fused-ring (bicyclic) bond motifs is 1. The quantitative estimate of drug-likeness (QED) is 0.886. The van der Waals surface area contributed by atoms with Crippen LogP contribution in [0.25, 0.3) is 0 Å². The van der Waals surface area contributed by atoms with Crippen LogP contribution in [0.1, 0.15) is 23.1 Å². The minimum absolute atomic E-state index is 0.0359. The second-order valence-electron chi connectivity index (χ2n) is 5.03. The summed E-state index contributed by atoms with van der Waals surface area (Å²) in [7, 11) is 3.72. The number of likely N-dealkylation sites (N-methyl/N-ethyl adjacent to an activating group) is 1. The van der Waals surface area contributed by atoms with Gasteiger partial charge in [-0.05, 0) is 29.8 Å². The molecule has 0 spiro atoms. The molecule has 1 aliphatic heterocycles. The van der Waals surface area contributed by atoms with Crippen molar-refractivity contribution in [1.29, 1.82) is 0 Å². The van der Waals surface area contributed by atoms with E-state index in [4.69, 9.17) is 4.74 Å². The molecule has 0 bridgehead atoms. The van der Waals surface area contributed by atoms with E-state index >= 15 is 0 Å². The topological polar surface area (TPSA) is 64.9 Å². The zero-order valence-electron chi connectivity index (χ0n) is 11.8. The van der Waals surface area contributed by atoms with Crippen LogP contribution < -0.4 is 5.32 Å². The summed E-state index contributed by atoms with van der Waals surface area (Å²) in [6.45, 7) is 0.758. The van der Waals surface area contributed by atoms with Gasteiger partial charge in [0.2, 0.25) is 0 Å². The molecule has 0 fully saturated rings. The number of hydrogen-bond acceptors (Lipinski definition) is 5. The Kier molecular flexibility index (Phi) is 3.75. The fraction of sp³-hybridized carbons (Fsp3) is 0.500. The van der Waals surface area contributed by atoms with E-state index < -0.39 is 0 Å². The third-order valence-electron chi connectivity index (χ3n) is 3.72. The average molecular weight is 273 g/mol. The first-order chi connectivity index (χ1) is 9.78. The van der Waals surface area contributed by atoms with Crippen LogP contribution in [0.5, 0.6) is 0 Å². The van der Waals surface area contributed by atoms with E-state index in [1.807, 2.05) is 7.05 Å². The van der Waals surface area contributed by atoms with Gasteiger partial charge < -0.3 is 10.1 Å². The van der Waals surface area contributed by atoms with Gasteiger partial charge in [0.15, 0.2) is 5.82 Å². The molecule has 106 valence electrons. The maximum absolute atomic E-state index is 5.99. The highest BCUT2D eigenvalue weighted by Gasteiger charge is 2.28. The van der Waals surface area contributed by atoms with Gasteiger partial charge in [-0.1, -0.05) is 24.3 Å². The van der Waals surface area contributed by atoms with E-state index in [1.165, 1.54) is 15.9 Å². The van der Waals surface area contributed by atoms with Crippen molar-refractivity contribution in [2.75, 3.05) is 13.7 Å². The van der Waals surface area contributed by atoms with E-state index in [0.717, 1.165) is 18.9 Å². The van der Waals surface area contributed by atoms with Crippen molar-refractivity contribution in [3.05, 3.63) is 41.2 Å². The van der Waals surface area contributed by atoms with Crippen LogP contribution in [-0.4, -0.2) is 39.9 Å². The molecule has 0 saturated carbocycles. The maximum atomic E-state index is 5.99. The van der Waals surface area contributed by atoms with Crippen LogP contribution in [0.2, 0.25) is 0 Å². The predicted octanol–water partition coefficient (Wildman–Crippen LogP) is 0.655. The van der Waals surface area contributed by atoms with Gasteiger partial charge in [0.1, 0.15) is 0 Å². The molecule has 2 aromatic rings. The lowest BCUT2D eigenvalue weighted by atomic mass is 9.92. The number of aryl methyl sites for hydroxylation is 1. The summed E-state index contributed by atoms with van der Waals surface area (Å²) in [4.78, 5) is 1.48. The van der Waals surface area contributed by atoms with Crippen LogP contribution in [0.15, 0.2) is 24.3 Å². The van der Waals surface area contributed by atoms with Crippen LogP contribution >= 0.6 is 0 Å². The Hall–Kier alpha value is -1.79. The number of benzene rings is 1. The van der Waals surface area contributed by atoms with Crippen molar-refractivity contribution in [2.45, 2.75) is 25.0 Å². The predicted molar refractivity (Wildman–Crippen MR) is 74.2 cm³/mol. The monoisotopic (exact) mass is 273 g/mol. The molecule has 1 aliphatic rings. The Balaban J connectivity index is 1.83. The molecule has 1 N–H and O–H groups in total. The zero-order chi connectivity index (χ0) is 13.9. The Morgan fingerprint density at radius 2 is 2.30 bits per heavy atom. The van der Waals surface area contributed by atoms with Crippen molar-refractivity contribution < 1.29 is 4.74 Å². The number of ether oxygens (including phenoxy) is 1. The van der Waals surface area contributed by atoms with E-state index in [9.17, 15) is 0 Å². The molecular weight excluding hydrogens is 254 g/mol. The highest BCUT2D eigenvalue weighted by atomic mass is 16.5. The average Bonchev–Trinajstić information content (AvgIpc) is 2.89. The Labute approximate surface area is 118 Å². The molecule has 6 heteroatoms. The van der Waals surface area contributed by atoms with Crippen molar-refractivity contribution in [1.82, 2.24) is 25.5 Å². The van der Waals surface area contributed by atoms with Gasteiger partial charge in [0.25, 0.3) is 0 Å². The smallest absolute Gasteiger partial charge is 0.176 e. The lowest BCUT2D eigenvalue weighted by molar-refractivity contribution is 0.0167. The summed E-state index contributed by atoms with van der Waals surface area (Å²) in [6.07, 6.45) is 1.71. The summed E-state index contributed by atoms with van der Waals surface area (Å²) in [6, 6.07) is 8.61. The zero-order valence-corrected chi connectivity index (χ0v) is 11.8. The van der Waals surface area contributed by atoms with Gasteiger partial charge in [-0.3, -0.25) is 0 Å². The number of rotatable bonds is 4. The normalized spacial score (nSPS) is 19.6. The van der Waals surface area contributed by atoms with Crippen LogP contribution in [0.3, 0.4) is 0 Å². The van der Waals surface area contributed by atoms with Gasteiger partial charge in [-0.15, -0.1) is 10.2 Å². The Morgan fingerprint density at radius 3 is 3.05 bits per heavy atom. The number of nitrogens with zero attached hydrogens (tertiary/aromatic N) is 4. The molecule has 3 rings (SSSR count). The first kappa shape index (κ1) is 13.2. The molecule has 2 unspecified atom stereocenters. The number of aromatic nitrogens is 4. The van der Waals surface area contributed by atoms with Crippen LogP contribution in [0, 0.1) is 0 Å². The summed E-state index contributed by atoms with van der Waals surface area (Å²) in [5.74, 6) is 0.735. The van der Waals surface area contributed by atoms with Gasteiger partial charge in [-0.2, -0.15) is 4.80 Å². The fourth-order valence-electron chi connectivity index (χ4n) is 2.72. The molecular formula is C14H19N5O. The SMILES string of the molecule is CNC(Cc1nnn(C)n1)C1OCCc2ccccc21. The second-order valence-corrected chi connectivity index (χ2v) is 5.03.